The van der Waals surface area contributed by atoms with E-state index in [-0.39, 0.29) is 30.3 Å². The van der Waals surface area contributed by atoms with E-state index in [0.29, 0.717) is 19.6 Å². The molecule has 0 bridgehead atoms. The molecule has 2 rings (SSSR count). The van der Waals surface area contributed by atoms with Crippen molar-refractivity contribution in [2.24, 2.45) is 5.73 Å². The minimum Gasteiger partial charge on any atom is -0.396 e. The van der Waals surface area contributed by atoms with Crippen molar-refractivity contribution in [2.45, 2.75) is 43.4 Å². The molecule has 1 saturated heterocycles. The summed E-state index contributed by atoms with van der Waals surface area (Å²) in [7, 11) is 0. The van der Waals surface area contributed by atoms with E-state index in [2.05, 4.69) is 0 Å². The van der Waals surface area contributed by atoms with Crippen LogP contribution in [0.2, 0.25) is 0 Å². The van der Waals surface area contributed by atoms with Gasteiger partial charge < -0.3 is 20.3 Å². The molecule has 0 amide bonds. The number of nitrogens with two attached hydrogens (primary N) is 1. The summed E-state index contributed by atoms with van der Waals surface area (Å²) in [5.74, 6) is -0.335. The number of halogens is 1. The summed E-state index contributed by atoms with van der Waals surface area (Å²) in [5, 5.41) is 8.90. The molecule has 1 heterocycles. The van der Waals surface area contributed by atoms with Crippen LogP contribution in [0.4, 0.5) is 0 Å². The molecule has 2 fully saturated rings. The molecular formula is C10H20ClNO3. The Kier molecular flexibility index (Phi) is 4.38. The monoisotopic (exact) mass is 237 g/mol. The third kappa shape index (κ3) is 2.82. The molecule has 0 aromatic carbocycles. The molecule has 0 atom stereocenters. The first-order valence-corrected chi connectivity index (χ1v) is 5.36. The molecule has 4 nitrogen and oxygen atoms in total. The normalized spacial score (nSPS) is 27.6. The van der Waals surface area contributed by atoms with Crippen molar-refractivity contribution in [1.82, 2.24) is 0 Å². The molecule has 1 aliphatic carbocycles. The Morgan fingerprint density at radius 2 is 1.60 bits per heavy atom. The maximum absolute atomic E-state index is 8.90. The van der Waals surface area contributed by atoms with Gasteiger partial charge in [-0.3, -0.25) is 0 Å². The number of hydrogen-bond donors (Lipinski definition) is 2. The van der Waals surface area contributed by atoms with E-state index in [4.69, 9.17) is 20.3 Å². The zero-order chi connectivity index (χ0) is 10.1. The summed E-state index contributed by atoms with van der Waals surface area (Å²) in [5.41, 5.74) is 5.95. The van der Waals surface area contributed by atoms with Gasteiger partial charge in [0.25, 0.3) is 0 Å². The fraction of sp³-hybridized carbons (Fsp3) is 1.00. The molecule has 15 heavy (non-hydrogen) atoms. The first-order chi connectivity index (χ1) is 6.68. The summed E-state index contributed by atoms with van der Waals surface area (Å²) < 4.78 is 11.2. The highest BCUT2D eigenvalue weighted by Crippen LogP contribution is 2.40. The quantitative estimate of drug-likeness (QED) is 0.746. The maximum Gasteiger partial charge on any atom is 0.168 e. The van der Waals surface area contributed by atoms with E-state index in [1.807, 2.05) is 0 Å². The molecule has 90 valence electrons. The van der Waals surface area contributed by atoms with E-state index in [9.17, 15) is 0 Å². The Labute approximate surface area is 96.5 Å². The van der Waals surface area contributed by atoms with Crippen molar-refractivity contribution in [3.05, 3.63) is 0 Å². The van der Waals surface area contributed by atoms with Gasteiger partial charge in [0, 0.05) is 25.0 Å². The van der Waals surface area contributed by atoms with Crippen LogP contribution < -0.4 is 5.73 Å². The fourth-order valence-electron chi connectivity index (χ4n) is 2.39. The van der Waals surface area contributed by atoms with Gasteiger partial charge in [-0.2, -0.15) is 0 Å². The SMILES string of the molecule is Cl.NC1(CCO)CCC2(CC1)OCCO2. The zero-order valence-corrected chi connectivity index (χ0v) is 9.72. The Hall–Kier alpha value is 0.130. The van der Waals surface area contributed by atoms with E-state index in [1.54, 1.807) is 0 Å². The Bertz CT molecular complexity index is 197. The fourth-order valence-corrected chi connectivity index (χ4v) is 2.39. The first kappa shape index (κ1) is 13.2. The average Bonchev–Trinajstić information content (AvgIpc) is 2.61. The van der Waals surface area contributed by atoms with Crippen molar-refractivity contribution in [2.75, 3.05) is 19.8 Å². The average molecular weight is 238 g/mol. The Morgan fingerprint density at radius 3 is 2.07 bits per heavy atom. The van der Waals surface area contributed by atoms with Gasteiger partial charge in [0.2, 0.25) is 0 Å². The number of aliphatic hydroxyl groups is 1. The summed E-state index contributed by atoms with van der Waals surface area (Å²) in [6, 6.07) is 0. The van der Waals surface area contributed by atoms with Crippen LogP contribution in [0, 0.1) is 0 Å². The lowest BCUT2D eigenvalue weighted by Gasteiger charge is -2.41. The second kappa shape index (κ2) is 4.97. The van der Waals surface area contributed by atoms with Crippen molar-refractivity contribution >= 4 is 12.4 Å². The number of aliphatic hydroxyl groups excluding tert-OH is 1. The van der Waals surface area contributed by atoms with Crippen LogP contribution in [0.1, 0.15) is 32.1 Å². The predicted octanol–water partition coefficient (Wildman–Crippen LogP) is 0.805. The van der Waals surface area contributed by atoms with Gasteiger partial charge in [0.1, 0.15) is 0 Å². The number of ether oxygens (including phenoxy) is 2. The largest absolute Gasteiger partial charge is 0.396 e. The second-order valence-corrected chi connectivity index (χ2v) is 4.44. The van der Waals surface area contributed by atoms with Gasteiger partial charge in [-0.15, -0.1) is 12.4 Å². The minimum atomic E-state index is -0.335. The van der Waals surface area contributed by atoms with Crippen LogP contribution in [0.15, 0.2) is 0 Å². The van der Waals surface area contributed by atoms with Gasteiger partial charge in [0.15, 0.2) is 5.79 Å². The topological polar surface area (TPSA) is 64.7 Å². The lowest BCUT2D eigenvalue weighted by Crippen LogP contribution is -2.49. The minimum absolute atomic E-state index is 0. The molecule has 1 spiro atoms. The molecule has 3 N–H and O–H groups in total. The maximum atomic E-state index is 8.90. The Morgan fingerprint density at radius 1 is 1.07 bits per heavy atom. The van der Waals surface area contributed by atoms with Gasteiger partial charge in [-0.25, -0.2) is 0 Å². The standard InChI is InChI=1S/C10H19NO3.ClH/c11-9(5-6-12)1-3-10(4-2-9)13-7-8-14-10;/h12H,1-8,11H2;1H. The van der Waals surface area contributed by atoms with Crippen molar-refractivity contribution in [3.63, 3.8) is 0 Å². The van der Waals surface area contributed by atoms with Gasteiger partial charge in [0.05, 0.1) is 13.2 Å². The van der Waals surface area contributed by atoms with Crippen LogP contribution in [-0.4, -0.2) is 36.3 Å². The summed E-state index contributed by atoms with van der Waals surface area (Å²) in [4.78, 5) is 0. The van der Waals surface area contributed by atoms with E-state index in [0.717, 1.165) is 25.7 Å². The number of hydrogen-bond acceptors (Lipinski definition) is 4. The third-order valence-electron chi connectivity index (χ3n) is 3.43. The summed E-state index contributed by atoms with van der Waals surface area (Å²) in [6.45, 7) is 1.58. The highest BCUT2D eigenvalue weighted by atomic mass is 35.5. The molecule has 0 radical (unpaired) electrons. The summed E-state index contributed by atoms with van der Waals surface area (Å²) in [6.07, 6.45) is 4.18. The van der Waals surface area contributed by atoms with Crippen molar-refractivity contribution in [1.29, 1.82) is 0 Å². The molecule has 2 aliphatic rings. The van der Waals surface area contributed by atoms with Crippen molar-refractivity contribution in [3.8, 4) is 0 Å². The molecular weight excluding hydrogens is 218 g/mol. The van der Waals surface area contributed by atoms with Crippen molar-refractivity contribution < 1.29 is 14.6 Å². The molecule has 0 unspecified atom stereocenters. The Balaban J connectivity index is 0.00000112. The highest BCUT2D eigenvalue weighted by molar-refractivity contribution is 5.85. The molecule has 1 saturated carbocycles. The molecule has 5 heteroatoms. The smallest absolute Gasteiger partial charge is 0.168 e. The highest BCUT2D eigenvalue weighted by Gasteiger charge is 2.44. The predicted molar refractivity (Wildman–Crippen MR) is 59.0 cm³/mol. The van der Waals surface area contributed by atoms with E-state index < -0.39 is 0 Å². The molecule has 0 aromatic rings. The summed E-state index contributed by atoms with van der Waals surface area (Å²) >= 11 is 0. The van der Waals surface area contributed by atoms with E-state index in [1.165, 1.54) is 0 Å². The lowest BCUT2D eigenvalue weighted by atomic mass is 9.77. The van der Waals surface area contributed by atoms with Crippen LogP contribution in [-0.2, 0) is 9.47 Å². The van der Waals surface area contributed by atoms with Crippen LogP contribution in [0.5, 0.6) is 0 Å². The number of rotatable bonds is 2. The third-order valence-corrected chi connectivity index (χ3v) is 3.43. The zero-order valence-electron chi connectivity index (χ0n) is 8.91. The van der Waals surface area contributed by atoms with Gasteiger partial charge in [-0.05, 0) is 19.3 Å². The van der Waals surface area contributed by atoms with Crippen LogP contribution in [0.3, 0.4) is 0 Å². The second-order valence-electron chi connectivity index (χ2n) is 4.44. The van der Waals surface area contributed by atoms with Crippen LogP contribution >= 0.6 is 12.4 Å². The lowest BCUT2D eigenvalue weighted by molar-refractivity contribution is -0.185. The first-order valence-electron chi connectivity index (χ1n) is 5.36. The van der Waals surface area contributed by atoms with Gasteiger partial charge >= 0.3 is 0 Å². The molecule has 0 aromatic heterocycles. The van der Waals surface area contributed by atoms with E-state index >= 15 is 0 Å². The van der Waals surface area contributed by atoms with Crippen LogP contribution in [0.25, 0.3) is 0 Å². The molecule has 1 aliphatic heterocycles. The van der Waals surface area contributed by atoms with Gasteiger partial charge in [-0.1, -0.05) is 0 Å².